The van der Waals surface area contributed by atoms with Crippen LogP contribution in [0.3, 0.4) is 0 Å². The Labute approximate surface area is 188 Å². The average molecular weight is 432 g/mol. The van der Waals surface area contributed by atoms with Gasteiger partial charge in [-0.05, 0) is 60.1 Å². The highest BCUT2D eigenvalue weighted by Crippen LogP contribution is 2.40. The van der Waals surface area contributed by atoms with Crippen LogP contribution in [-0.4, -0.2) is 41.2 Å². The number of benzene rings is 2. The molecule has 0 bridgehead atoms. The normalized spacial score (nSPS) is 18.6. The van der Waals surface area contributed by atoms with Gasteiger partial charge in [-0.2, -0.15) is 4.98 Å². The van der Waals surface area contributed by atoms with Crippen molar-refractivity contribution in [2.24, 2.45) is 11.8 Å². The molecule has 166 valence electrons. The van der Waals surface area contributed by atoms with Crippen LogP contribution in [0.25, 0.3) is 22.8 Å². The molecule has 0 spiro atoms. The second kappa shape index (κ2) is 8.51. The Balaban J connectivity index is 1.29. The minimum Gasteiger partial charge on any atom is -0.469 e. The molecule has 6 heteroatoms. The quantitative estimate of drug-likeness (QED) is 0.527. The van der Waals surface area contributed by atoms with Crippen molar-refractivity contribution in [3.05, 3.63) is 59.2 Å². The summed E-state index contributed by atoms with van der Waals surface area (Å²) in [6, 6.07) is 15.2. The highest BCUT2D eigenvalue weighted by molar-refractivity contribution is 5.74. The summed E-state index contributed by atoms with van der Waals surface area (Å²) in [5.74, 6) is 1.71. The first-order valence-corrected chi connectivity index (χ1v) is 11.4. The van der Waals surface area contributed by atoms with Gasteiger partial charge in [0.25, 0.3) is 5.89 Å². The van der Waals surface area contributed by atoms with Gasteiger partial charge in [-0.1, -0.05) is 43.3 Å². The summed E-state index contributed by atoms with van der Waals surface area (Å²) in [5, 5.41) is 4.23. The Morgan fingerprint density at radius 2 is 1.91 bits per heavy atom. The van der Waals surface area contributed by atoms with E-state index in [1.54, 1.807) is 0 Å². The fourth-order valence-corrected chi connectivity index (χ4v) is 4.91. The van der Waals surface area contributed by atoms with Gasteiger partial charge in [-0.15, -0.1) is 0 Å². The molecule has 0 radical (unpaired) electrons. The van der Waals surface area contributed by atoms with E-state index in [-0.39, 0.29) is 11.9 Å². The van der Waals surface area contributed by atoms with E-state index in [2.05, 4.69) is 71.4 Å². The molecular weight excluding hydrogens is 402 g/mol. The summed E-state index contributed by atoms with van der Waals surface area (Å²) >= 11 is 0. The molecule has 6 nitrogen and oxygen atoms in total. The molecule has 0 amide bonds. The number of hydrogen-bond acceptors (Lipinski definition) is 6. The molecule has 2 aliphatic rings. The molecule has 1 atom stereocenters. The van der Waals surface area contributed by atoms with Crippen molar-refractivity contribution in [2.75, 3.05) is 20.2 Å². The van der Waals surface area contributed by atoms with Crippen LogP contribution < -0.4 is 0 Å². The number of fused-ring (bicyclic) bond motifs is 1. The third-order valence-electron chi connectivity index (χ3n) is 6.60. The van der Waals surface area contributed by atoms with E-state index in [1.807, 2.05) is 0 Å². The number of rotatable bonds is 6. The first kappa shape index (κ1) is 20.9. The lowest BCUT2D eigenvalue weighted by Gasteiger charge is -2.41. The zero-order valence-electron chi connectivity index (χ0n) is 18.9. The maximum atomic E-state index is 11.7. The predicted molar refractivity (Wildman–Crippen MR) is 122 cm³/mol. The molecule has 2 heterocycles. The molecule has 3 aromatic rings. The van der Waals surface area contributed by atoms with Gasteiger partial charge >= 0.3 is 5.97 Å². The maximum absolute atomic E-state index is 11.7. The summed E-state index contributed by atoms with van der Waals surface area (Å²) in [4.78, 5) is 18.7. The Morgan fingerprint density at radius 1 is 1.16 bits per heavy atom. The Hall–Kier alpha value is -2.99. The number of carbonyl (C=O) groups is 1. The van der Waals surface area contributed by atoms with Gasteiger partial charge in [0, 0.05) is 30.3 Å². The lowest BCUT2D eigenvalue weighted by atomic mass is 9.95. The summed E-state index contributed by atoms with van der Waals surface area (Å²) < 4.78 is 10.4. The van der Waals surface area contributed by atoms with Crippen LogP contribution in [0.2, 0.25) is 0 Å². The lowest BCUT2D eigenvalue weighted by Crippen LogP contribution is -2.51. The van der Waals surface area contributed by atoms with E-state index in [4.69, 9.17) is 9.26 Å². The number of aryl methyl sites for hydroxylation is 1. The van der Waals surface area contributed by atoms with Crippen LogP contribution in [0.4, 0.5) is 0 Å². The zero-order valence-corrected chi connectivity index (χ0v) is 18.9. The number of ether oxygens (including phenoxy) is 1. The Kier molecular flexibility index (Phi) is 5.55. The van der Waals surface area contributed by atoms with Crippen molar-refractivity contribution < 1.29 is 14.1 Å². The Morgan fingerprint density at radius 3 is 2.62 bits per heavy atom. The van der Waals surface area contributed by atoms with Crippen LogP contribution >= 0.6 is 0 Å². The predicted octanol–water partition coefficient (Wildman–Crippen LogP) is 4.69. The number of nitrogens with zero attached hydrogens (tertiary/aromatic N) is 3. The molecule has 1 aliphatic carbocycles. The van der Waals surface area contributed by atoms with Gasteiger partial charge in [0.05, 0.1) is 13.0 Å². The van der Waals surface area contributed by atoms with Crippen molar-refractivity contribution in [2.45, 2.75) is 39.2 Å². The molecular formula is C26H29N3O3. The first-order chi connectivity index (χ1) is 15.5. The summed E-state index contributed by atoms with van der Waals surface area (Å²) in [6.07, 6.45) is 3.16. The van der Waals surface area contributed by atoms with Crippen LogP contribution in [-0.2, 0) is 22.4 Å². The molecule has 1 saturated heterocycles. The van der Waals surface area contributed by atoms with Crippen LogP contribution in [0.1, 0.15) is 43.0 Å². The average Bonchev–Trinajstić information content (AvgIpc) is 3.40. The molecule has 1 fully saturated rings. The van der Waals surface area contributed by atoms with Gasteiger partial charge < -0.3 is 9.26 Å². The fraction of sp³-hybridized carbons (Fsp3) is 0.423. The van der Waals surface area contributed by atoms with Gasteiger partial charge in [0.2, 0.25) is 5.82 Å². The minimum absolute atomic E-state index is 0.0144. The smallest absolute Gasteiger partial charge is 0.311 e. The van der Waals surface area contributed by atoms with Gasteiger partial charge in [0.1, 0.15) is 0 Å². The van der Waals surface area contributed by atoms with E-state index in [9.17, 15) is 4.79 Å². The molecule has 0 saturated carbocycles. The zero-order chi connectivity index (χ0) is 22.2. The highest BCUT2D eigenvalue weighted by atomic mass is 16.5. The summed E-state index contributed by atoms with van der Waals surface area (Å²) in [5.41, 5.74) is 5.92. The SMILES string of the molecule is COC(=O)C1CN(C2CCc3cc(-c4noc(-c5ccc(CC(C)C)cc5)n4)ccc32)C1. The topological polar surface area (TPSA) is 68.5 Å². The van der Waals surface area contributed by atoms with Gasteiger partial charge in [0.15, 0.2) is 0 Å². The highest BCUT2D eigenvalue weighted by Gasteiger charge is 2.40. The van der Waals surface area contributed by atoms with Crippen LogP contribution in [0.15, 0.2) is 47.0 Å². The molecule has 5 rings (SSSR count). The van der Waals surface area contributed by atoms with Crippen molar-refractivity contribution in [3.63, 3.8) is 0 Å². The standard InChI is InChI=1S/C26H29N3O3/c1-16(2)12-17-4-6-18(7-5-17)25-27-24(28-32-25)20-8-10-22-19(13-20)9-11-23(22)29-14-21(15-29)26(30)31-3/h4-8,10,13,16,21,23H,9,11-12,14-15H2,1-3H3. The molecule has 2 aromatic carbocycles. The number of esters is 1. The molecule has 1 aliphatic heterocycles. The molecule has 1 unspecified atom stereocenters. The van der Waals surface area contributed by atoms with E-state index in [0.717, 1.165) is 43.5 Å². The van der Waals surface area contributed by atoms with E-state index in [1.165, 1.54) is 23.8 Å². The minimum atomic E-state index is -0.0997. The molecule has 1 aromatic heterocycles. The maximum Gasteiger partial charge on any atom is 0.311 e. The lowest BCUT2D eigenvalue weighted by molar-refractivity contribution is -0.152. The second-order valence-corrected chi connectivity index (χ2v) is 9.36. The van der Waals surface area contributed by atoms with Crippen LogP contribution in [0.5, 0.6) is 0 Å². The largest absolute Gasteiger partial charge is 0.469 e. The van der Waals surface area contributed by atoms with E-state index >= 15 is 0 Å². The van der Waals surface area contributed by atoms with Crippen LogP contribution in [0, 0.1) is 11.8 Å². The van der Waals surface area contributed by atoms with Gasteiger partial charge in [-0.3, -0.25) is 9.69 Å². The van der Waals surface area contributed by atoms with E-state index in [0.29, 0.717) is 23.7 Å². The summed E-state index contributed by atoms with van der Waals surface area (Å²) in [7, 11) is 1.46. The molecule has 32 heavy (non-hydrogen) atoms. The van der Waals surface area contributed by atoms with Gasteiger partial charge in [-0.25, -0.2) is 0 Å². The number of carbonyl (C=O) groups excluding carboxylic acids is 1. The van der Waals surface area contributed by atoms with E-state index < -0.39 is 0 Å². The second-order valence-electron chi connectivity index (χ2n) is 9.36. The van der Waals surface area contributed by atoms with Crippen molar-refractivity contribution in [1.82, 2.24) is 15.0 Å². The monoisotopic (exact) mass is 431 g/mol. The fourth-order valence-electron chi connectivity index (χ4n) is 4.91. The number of methoxy groups -OCH3 is 1. The summed E-state index contributed by atoms with van der Waals surface area (Å²) in [6.45, 7) is 6.00. The first-order valence-electron chi connectivity index (χ1n) is 11.4. The number of likely N-dealkylation sites (tertiary alicyclic amines) is 1. The third kappa shape index (κ3) is 3.95. The molecule has 0 N–H and O–H groups in total. The van der Waals surface area contributed by atoms with Crippen molar-refractivity contribution in [1.29, 1.82) is 0 Å². The number of hydrogen-bond donors (Lipinski definition) is 0. The van der Waals surface area contributed by atoms with Crippen molar-refractivity contribution >= 4 is 5.97 Å². The third-order valence-corrected chi connectivity index (χ3v) is 6.60. The number of aromatic nitrogens is 2. The van der Waals surface area contributed by atoms with Crippen molar-refractivity contribution in [3.8, 4) is 22.8 Å². The Bertz CT molecular complexity index is 1110.